The van der Waals surface area contributed by atoms with Crippen LogP contribution in [0.2, 0.25) is 0 Å². The Kier molecular flexibility index (Phi) is 8.89. The highest BCUT2D eigenvalue weighted by Crippen LogP contribution is 2.18. The molecule has 0 fully saturated rings. The predicted octanol–water partition coefficient (Wildman–Crippen LogP) is 2.58. The molecule has 0 saturated heterocycles. The van der Waals surface area contributed by atoms with E-state index in [1.807, 2.05) is 6.92 Å². The van der Waals surface area contributed by atoms with Crippen molar-refractivity contribution >= 4 is 5.97 Å². The number of hydrogen-bond acceptors (Lipinski definition) is 4. The van der Waals surface area contributed by atoms with Gasteiger partial charge in [-0.15, -0.1) is 0 Å². The highest BCUT2D eigenvalue weighted by molar-refractivity contribution is 5.80. The monoisotopic (exact) mass is 312 g/mol. The number of carbonyl (C=O) groups is 1. The van der Waals surface area contributed by atoms with Gasteiger partial charge in [0, 0.05) is 0 Å². The summed E-state index contributed by atoms with van der Waals surface area (Å²) in [5, 5.41) is 3.10. The molecule has 0 spiro atoms. The molecular formula is C14H27F3N2O2. The highest BCUT2D eigenvalue weighted by atomic mass is 19.4. The van der Waals surface area contributed by atoms with Crippen molar-refractivity contribution in [3.63, 3.8) is 0 Å². The first kappa shape index (κ1) is 20.2. The van der Waals surface area contributed by atoms with Crippen LogP contribution in [0.5, 0.6) is 0 Å². The lowest BCUT2D eigenvalue weighted by Crippen LogP contribution is -2.50. The molecule has 0 bridgehead atoms. The third-order valence-electron chi connectivity index (χ3n) is 3.21. The lowest BCUT2D eigenvalue weighted by molar-refractivity contribution is -0.150. The van der Waals surface area contributed by atoms with E-state index in [1.54, 1.807) is 13.8 Å². The van der Waals surface area contributed by atoms with E-state index in [1.165, 1.54) is 11.9 Å². The summed E-state index contributed by atoms with van der Waals surface area (Å²) < 4.78 is 41.6. The van der Waals surface area contributed by atoms with Gasteiger partial charge in [-0.2, -0.15) is 13.2 Å². The van der Waals surface area contributed by atoms with Crippen LogP contribution in [0, 0.1) is 0 Å². The van der Waals surface area contributed by atoms with Crippen LogP contribution in [0.25, 0.3) is 0 Å². The number of esters is 1. The summed E-state index contributed by atoms with van der Waals surface area (Å²) in [5.41, 5.74) is -0.770. The van der Waals surface area contributed by atoms with E-state index in [9.17, 15) is 18.0 Å². The summed E-state index contributed by atoms with van der Waals surface area (Å²) in [5.74, 6) is -0.310. The van der Waals surface area contributed by atoms with Crippen molar-refractivity contribution in [1.82, 2.24) is 10.2 Å². The summed E-state index contributed by atoms with van der Waals surface area (Å²) in [6, 6.07) is 0. The fraction of sp³-hybridized carbons (Fsp3) is 0.929. The van der Waals surface area contributed by atoms with Crippen molar-refractivity contribution in [3.05, 3.63) is 0 Å². The number of unbranched alkanes of at least 4 members (excludes halogenated alkanes) is 1. The molecule has 0 aliphatic carbocycles. The van der Waals surface area contributed by atoms with Gasteiger partial charge in [0.25, 0.3) is 0 Å². The van der Waals surface area contributed by atoms with Crippen molar-refractivity contribution in [2.75, 3.05) is 33.3 Å². The number of likely N-dealkylation sites (N-methyl/N-ethyl adjacent to an activating group) is 1. The maximum atomic E-state index is 12.2. The van der Waals surface area contributed by atoms with Crippen LogP contribution >= 0.6 is 0 Å². The first-order chi connectivity index (χ1) is 9.64. The minimum atomic E-state index is -4.17. The summed E-state index contributed by atoms with van der Waals surface area (Å²) >= 11 is 0. The Morgan fingerprint density at radius 2 is 1.86 bits per heavy atom. The van der Waals surface area contributed by atoms with Crippen molar-refractivity contribution in [2.45, 2.75) is 51.7 Å². The van der Waals surface area contributed by atoms with Gasteiger partial charge in [0.05, 0.1) is 13.2 Å². The highest BCUT2D eigenvalue weighted by Gasteiger charge is 2.33. The molecule has 126 valence electrons. The third-order valence-corrected chi connectivity index (χ3v) is 3.21. The molecule has 0 aromatic heterocycles. The van der Waals surface area contributed by atoms with Gasteiger partial charge in [0.1, 0.15) is 5.54 Å². The Morgan fingerprint density at radius 1 is 1.24 bits per heavy atom. The van der Waals surface area contributed by atoms with E-state index < -0.39 is 18.3 Å². The van der Waals surface area contributed by atoms with Gasteiger partial charge in [-0.05, 0) is 53.2 Å². The van der Waals surface area contributed by atoms with E-state index in [0.717, 1.165) is 0 Å². The van der Waals surface area contributed by atoms with Crippen molar-refractivity contribution in [3.8, 4) is 0 Å². The number of halogens is 3. The Hall–Kier alpha value is -0.820. The van der Waals surface area contributed by atoms with Gasteiger partial charge in [0.2, 0.25) is 0 Å². The van der Waals surface area contributed by atoms with Crippen LogP contribution in [0.3, 0.4) is 0 Å². The molecule has 0 rings (SSSR count). The molecule has 1 atom stereocenters. The second-order valence-electron chi connectivity index (χ2n) is 5.39. The summed E-state index contributed by atoms with van der Waals surface area (Å²) in [4.78, 5) is 13.2. The molecule has 21 heavy (non-hydrogen) atoms. The van der Waals surface area contributed by atoms with E-state index in [4.69, 9.17) is 4.74 Å². The standard InChI is InChI=1S/C14H27F3N2O2/c1-5-18-13(3,12(20)21-6-2)9-7-8-10-19(4)11-14(15,16)17/h18H,5-11H2,1-4H3. The largest absolute Gasteiger partial charge is 0.465 e. The van der Waals surface area contributed by atoms with E-state index in [0.29, 0.717) is 39.0 Å². The fourth-order valence-electron chi connectivity index (χ4n) is 2.19. The average Bonchev–Trinajstić information content (AvgIpc) is 2.33. The maximum Gasteiger partial charge on any atom is 0.401 e. The summed E-state index contributed by atoms with van der Waals surface area (Å²) in [7, 11) is 1.45. The predicted molar refractivity (Wildman–Crippen MR) is 76.1 cm³/mol. The van der Waals surface area contributed by atoms with Gasteiger partial charge in [-0.3, -0.25) is 9.69 Å². The molecule has 0 aliphatic heterocycles. The van der Waals surface area contributed by atoms with E-state index >= 15 is 0 Å². The average molecular weight is 312 g/mol. The molecule has 0 aromatic rings. The van der Waals surface area contributed by atoms with E-state index in [2.05, 4.69) is 5.32 Å². The van der Waals surface area contributed by atoms with Crippen molar-refractivity contribution in [2.24, 2.45) is 0 Å². The quantitative estimate of drug-likeness (QED) is 0.497. The lowest BCUT2D eigenvalue weighted by Gasteiger charge is -2.28. The normalized spacial score (nSPS) is 15.0. The van der Waals surface area contributed by atoms with Crippen LogP contribution in [-0.2, 0) is 9.53 Å². The van der Waals surface area contributed by atoms with Crippen LogP contribution in [0.15, 0.2) is 0 Å². The zero-order valence-corrected chi connectivity index (χ0v) is 13.3. The number of hydrogen-bond donors (Lipinski definition) is 1. The fourth-order valence-corrected chi connectivity index (χ4v) is 2.19. The number of nitrogens with zero attached hydrogens (tertiary/aromatic N) is 1. The molecule has 0 heterocycles. The van der Waals surface area contributed by atoms with Gasteiger partial charge < -0.3 is 10.1 Å². The molecule has 4 nitrogen and oxygen atoms in total. The minimum Gasteiger partial charge on any atom is -0.465 e. The SMILES string of the molecule is CCNC(C)(CCCCN(C)CC(F)(F)F)C(=O)OCC. The van der Waals surface area contributed by atoms with Crippen LogP contribution in [0.1, 0.15) is 40.0 Å². The Morgan fingerprint density at radius 3 is 2.33 bits per heavy atom. The van der Waals surface area contributed by atoms with Crippen LogP contribution in [0.4, 0.5) is 13.2 Å². The molecule has 7 heteroatoms. The molecule has 0 amide bonds. The Labute approximate surface area is 125 Å². The van der Waals surface area contributed by atoms with Gasteiger partial charge in [-0.25, -0.2) is 0 Å². The topological polar surface area (TPSA) is 41.6 Å². The molecule has 0 aliphatic rings. The van der Waals surface area contributed by atoms with Gasteiger partial charge in [0.15, 0.2) is 0 Å². The number of carbonyl (C=O) groups excluding carboxylic acids is 1. The molecular weight excluding hydrogens is 285 g/mol. The van der Waals surface area contributed by atoms with Crippen LogP contribution in [-0.4, -0.2) is 55.9 Å². The molecule has 1 unspecified atom stereocenters. The minimum absolute atomic E-state index is 0.310. The Balaban J connectivity index is 4.18. The third kappa shape index (κ3) is 8.93. The smallest absolute Gasteiger partial charge is 0.401 e. The molecule has 0 radical (unpaired) electrons. The summed E-state index contributed by atoms with van der Waals surface area (Å²) in [6.45, 7) is 5.80. The zero-order valence-electron chi connectivity index (χ0n) is 13.3. The number of ether oxygens (including phenoxy) is 1. The van der Waals surface area contributed by atoms with Crippen molar-refractivity contribution in [1.29, 1.82) is 0 Å². The van der Waals surface area contributed by atoms with E-state index in [-0.39, 0.29) is 5.97 Å². The molecule has 0 saturated carbocycles. The van der Waals surface area contributed by atoms with Gasteiger partial charge >= 0.3 is 12.1 Å². The maximum absolute atomic E-state index is 12.2. The lowest BCUT2D eigenvalue weighted by atomic mass is 9.94. The number of alkyl halides is 3. The number of nitrogens with one attached hydrogen (secondary N) is 1. The van der Waals surface area contributed by atoms with Gasteiger partial charge in [-0.1, -0.05) is 6.92 Å². The molecule has 1 N–H and O–H groups in total. The zero-order chi connectivity index (χ0) is 16.5. The molecule has 0 aromatic carbocycles. The summed E-state index contributed by atoms with van der Waals surface area (Å²) in [6.07, 6.45) is -2.37. The second kappa shape index (κ2) is 9.25. The van der Waals surface area contributed by atoms with Crippen LogP contribution < -0.4 is 5.32 Å². The second-order valence-corrected chi connectivity index (χ2v) is 5.39. The first-order valence-electron chi connectivity index (χ1n) is 7.32. The first-order valence-corrected chi connectivity index (χ1v) is 7.32. The van der Waals surface area contributed by atoms with Crippen molar-refractivity contribution < 1.29 is 22.7 Å². The number of rotatable bonds is 10. The Bertz CT molecular complexity index is 311.